The van der Waals surface area contributed by atoms with Gasteiger partial charge in [-0.2, -0.15) is 0 Å². The van der Waals surface area contributed by atoms with E-state index in [1.165, 1.54) is 50.2 Å². The molecule has 1 N–H and O–H groups in total. The fourth-order valence-corrected chi connectivity index (χ4v) is 3.66. The van der Waals surface area contributed by atoms with Crippen molar-refractivity contribution in [2.45, 2.75) is 57.8 Å². The Balaban J connectivity index is 1.71. The van der Waals surface area contributed by atoms with Gasteiger partial charge in [-0.15, -0.1) is 0 Å². The van der Waals surface area contributed by atoms with E-state index in [0.717, 1.165) is 0 Å². The second-order valence-corrected chi connectivity index (χ2v) is 7.55. The third kappa shape index (κ3) is 2.55. The molecular weight excluding hydrogens is 232 g/mol. The minimum absolute atomic E-state index is 0.159. The number of pyridine rings is 1. The number of piperidine rings is 1. The van der Waals surface area contributed by atoms with Crippen molar-refractivity contribution in [3.05, 3.63) is 29.6 Å². The topological polar surface area (TPSA) is 24.9 Å². The first kappa shape index (κ1) is 13.1. The molecule has 0 radical (unpaired) electrons. The van der Waals surface area contributed by atoms with E-state index in [2.05, 4.69) is 44.3 Å². The Morgan fingerprint density at radius 3 is 2.47 bits per heavy atom. The van der Waals surface area contributed by atoms with E-state index in [9.17, 15) is 0 Å². The van der Waals surface area contributed by atoms with Crippen LogP contribution >= 0.6 is 0 Å². The van der Waals surface area contributed by atoms with Gasteiger partial charge in [0, 0.05) is 22.7 Å². The summed E-state index contributed by atoms with van der Waals surface area (Å²) in [5.74, 6) is 0.709. The van der Waals surface area contributed by atoms with E-state index in [1.54, 1.807) is 0 Å². The number of rotatable bonds is 1. The zero-order valence-electron chi connectivity index (χ0n) is 12.5. The molecule has 1 aromatic rings. The number of nitrogens with zero attached hydrogens (tertiary/aromatic N) is 1. The molecular formula is C17H26N2. The van der Waals surface area contributed by atoms with Gasteiger partial charge in [0.1, 0.15) is 0 Å². The quantitative estimate of drug-likeness (QED) is 0.832. The standard InChI is InChI=1S/C17H26N2/c1-16(2,3)15-6-4-5-14(19-15)13-11-17(12-13)7-9-18-10-8-17/h4-6,13,18H,7-12H2,1-3H3. The first-order valence-electron chi connectivity index (χ1n) is 7.67. The molecule has 2 aliphatic rings. The molecule has 1 aliphatic carbocycles. The van der Waals surface area contributed by atoms with Crippen LogP contribution in [0.3, 0.4) is 0 Å². The van der Waals surface area contributed by atoms with Gasteiger partial charge >= 0.3 is 0 Å². The fourth-order valence-electron chi connectivity index (χ4n) is 3.66. The summed E-state index contributed by atoms with van der Waals surface area (Å²) >= 11 is 0. The van der Waals surface area contributed by atoms with Crippen LogP contribution in [0.15, 0.2) is 18.2 Å². The summed E-state index contributed by atoms with van der Waals surface area (Å²) in [6, 6.07) is 6.59. The lowest BCUT2D eigenvalue weighted by Crippen LogP contribution is -2.44. The molecule has 1 aliphatic heterocycles. The number of hydrogen-bond acceptors (Lipinski definition) is 2. The lowest BCUT2D eigenvalue weighted by atomic mass is 9.57. The molecule has 19 heavy (non-hydrogen) atoms. The molecule has 2 heteroatoms. The molecule has 2 heterocycles. The average molecular weight is 258 g/mol. The van der Waals surface area contributed by atoms with Crippen molar-refractivity contribution in [1.29, 1.82) is 0 Å². The van der Waals surface area contributed by atoms with E-state index >= 15 is 0 Å². The Hall–Kier alpha value is -0.890. The van der Waals surface area contributed by atoms with Gasteiger partial charge in [-0.1, -0.05) is 26.8 Å². The van der Waals surface area contributed by atoms with Crippen molar-refractivity contribution >= 4 is 0 Å². The normalized spacial score (nSPS) is 23.3. The van der Waals surface area contributed by atoms with E-state index < -0.39 is 0 Å². The molecule has 1 saturated heterocycles. The van der Waals surface area contributed by atoms with Crippen molar-refractivity contribution in [3.8, 4) is 0 Å². The largest absolute Gasteiger partial charge is 0.317 e. The van der Waals surface area contributed by atoms with Crippen molar-refractivity contribution in [2.75, 3.05) is 13.1 Å². The van der Waals surface area contributed by atoms with Crippen LogP contribution in [0.1, 0.15) is 63.8 Å². The Kier molecular flexibility index (Phi) is 3.17. The maximum atomic E-state index is 4.93. The van der Waals surface area contributed by atoms with E-state index in [1.807, 2.05) is 0 Å². The third-order valence-corrected chi connectivity index (χ3v) is 4.98. The number of nitrogens with one attached hydrogen (secondary N) is 1. The zero-order chi connectivity index (χ0) is 13.5. The molecule has 1 saturated carbocycles. The number of aromatic nitrogens is 1. The van der Waals surface area contributed by atoms with Crippen LogP contribution in [0.25, 0.3) is 0 Å². The van der Waals surface area contributed by atoms with Crippen LogP contribution in [0.5, 0.6) is 0 Å². The van der Waals surface area contributed by atoms with Crippen LogP contribution in [0, 0.1) is 5.41 Å². The molecule has 0 bridgehead atoms. The first-order valence-corrected chi connectivity index (χ1v) is 7.67. The van der Waals surface area contributed by atoms with E-state index in [0.29, 0.717) is 11.3 Å². The summed E-state index contributed by atoms with van der Waals surface area (Å²) in [6.45, 7) is 9.15. The predicted octanol–water partition coefficient (Wildman–Crippen LogP) is 3.63. The third-order valence-electron chi connectivity index (χ3n) is 4.98. The fraction of sp³-hybridized carbons (Fsp3) is 0.706. The van der Waals surface area contributed by atoms with Crippen molar-refractivity contribution in [3.63, 3.8) is 0 Å². The summed E-state index contributed by atoms with van der Waals surface area (Å²) in [7, 11) is 0. The smallest absolute Gasteiger partial charge is 0.0460 e. The summed E-state index contributed by atoms with van der Waals surface area (Å²) in [6.07, 6.45) is 5.44. The highest BCUT2D eigenvalue weighted by atomic mass is 14.9. The van der Waals surface area contributed by atoms with Gasteiger partial charge in [0.25, 0.3) is 0 Å². The van der Waals surface area contributed by atoms with Crippen LogP contribution in [-0.2, 0) is 5.41 Å². The molecule has 3 rings (SSSR count). The van der Waals surface area contributed by atoms with E-state index in [4.69, 9.17) is 4.98 Å². The Labute approximate surface area is 117 Å². The van der Waals surface area contributed by atoms with E-state index in [-0.39, 0.29) is 5.41 Å². The first-order chi connectivity index (χ1) is 8.99. The number of hydrogen-bond donors (Lipinski definition) is 1. The van der Waals surface area contributed by atoms with Gasteiger partial charge < -0.3 is 5.32 Å². The SMILES string of the molecule is CC(C)(C)c1cccc(C2CC3(CCNCC3)C2)n1. The van der Waals surface area contributed by atoms with Crippen LogP contribution in [0.2, 0.25) is 0 Å². The molecule has 0 atom stereocenters. The Bertz CT molecular complexity index is 445. The minimum Gasteiger partial charge on any atom is -0.317 e. The molecule has 0 amide bonds. The molecule has 2 nitrogen and oxygen atoms in total. The van der Waals surface area contributed by atoms with Crippen LogP contribution < -0.4 is 5.32 Å². The summed E-state index contributed by atoms with van der Waals surface area (Å²) in [5, 5.41) is 3.48. The molecule has 2 fully saturated rings. The lowest BCUT2D eigenvalue weighted by molar-refractivity contribution is 0.0585. The highest BCUT2D eigenvalue weighted by Crippen LogP contribution is 2.55. The van der Waals surface area contributed by atoms with Gasteiger partial charge in [-0.25, -0.2) is 0 Å². The van der Waals surface area contributed by atoms with Gasteiger partial charge in [0.05, 0.1) is 0 Å². The van der Waals surface area contributed by atoms with Gasteiger partial charge in [-0.05, 0) is 56.3 Å². The average Bonchev–Trinajstić information content (AvgIpc) is 2.36. The monoisotopic (exact) mass is 258 g/mol. The van der Waals surface area contributed by atoms with Crippen molar-refractivity contribution in [1.82, 2.24) is 10.3 Å². The van der Waals surface area contributed by atoms with Gasteiger partial charge in [0.15, 0.2) is 0 Å². The predicted molar refractivity (Wildman–Crippen MR) is 79.4 cm³/mol. The summed E-state index contributed by atoms with van der Waals surface area (Å²) in [5.41, 5.74) is 3.37. The minimum atomic E-state index is 0.159. The molecule has 1 spiro atoms. The highest BCUT2D eigenvalue weighted by Gasteiger charge is 2.45. The van der Waals surface area contributed by atoms with Crippen molar-refractivity contribution in [2.24, 2.45) is 5.41 Å². The maximum absolute atomic E-state index is 4.93. The highest BCUT2D eigenvalue weighted by molar-refractivity contribution is 5.23. The van der Waals surface area contributed by atoms with Crippen LogP contribution in [-0.4, -0.2) is 18.1 Å². The summed E-state index contributed by atoms with van der Waals surface area (Å²) < 4.78 is 0. The molecule has 104 valence electrons. The maximum Gasteiger partial charge on any atom is 0.0460 e. The Morgan fingerprint density at radius 2 is 1.84 bits per heavy atom. The van der Waals surface area contributed by atoms with Gasteiger partial charge in [0.2, 0.25) is 0 Å². The molecule has 1 aromatic heterocycles. The lowest BCUT2D eigenvalue weighted by Gasteiger charge is -2.50. The van der Waals surface area contributed by atoms with Gasteiger partial charge in [-0.3, -0.25) is 4.98 Å². The second-order valence-electron chi connectivity index (χ2n) is 7.55. The second kappa shape index (κ2) is 4.59. The molecule has 0 aromatic carbocycles. The summed E-state index contributed by atoms with van der Waals surface area (Å²) in [4.78, 5) is 4.93. The van der Waals surface area contributed by atoms with Crippen LogP contribution in [0.4, 0.5) is 0 Å². The zero-order valence-corrected chi connectivity index (χ0v) is 12.5. The molecule has 0 unspecified atom stereocenters. The Morgan fingerprint density at radius 1 is 1.16 bits per heavy atom. The van der Waals surface area contributed by atoms with Crippen molar-refractivity contribution < 1.29 is 0 Å².